The van der Waals surface area contributed by atoms with Gasteiger partial charge in [0, 0.05) is 30.0 Å². The van der Waals surface area contributed by atoms with Gasteiger partial charge < -0.3 is 18.8 Å². The highest BCUT2D eigenvalue weighted by Gasteiger charge is 2.50. The zero-order valence-corrected chi connectivity index (χ0v) is 17.7. The van der Waals surface area contributed by atoms with Crippen LogP contribution < -0.4 is 0 Å². The largest absolute Gasteiger partial charge is 0.454 e. The summed E-state index contributed by atoms with van der Waals surface area (Å²) in [7, 11) is 2.19. The SMILES string of the molecule is C[N+]1(CCc2ccon2)CCCC(OC(=O)C2(O)c3ccccc3-c3ccccc32)C1. The molecule has 1 aromatic heterocycles. The van der Waals surface area contributed by atoms with Gasteiger partial charge in [0.05, 0.1) is 25.8 Å². The van der Waals surface area contributed by atoms with Crippen molar-refractivity contribution in [2.24, 2.45) is 0 Å². The molecule has 1 fully saturated rings. The molecule has 160 valence electrons. The third kappa shape index (κ3) is 3.46. The molecule has 2 unspecified atom stereocenters. The minimum atomic E-state index is -1.77. The molecule has 2 atom stereocenters. The minimum absolute atomic E-state index is 0.229. The average molecular weight is 420 g/mol. The van der Waals surface area contributed by atoms with Crippen LogP contribution in [0.25, 0.3) is 11.1 Å². The summed E-state index contributed by atoms with van der Waals surface area (Å²) in [6.07, 6.45) is 3.96. The summed E-state index contributed by atoms with van der Waals surface area (Å²) in [5.74, 6) is -0.583. The number of ether oxygens (including phenoxy) is 1. The zero-order chi connectivity index (χ0) is 21.5. The second-order valence-electron chi connectivity index (χ2n) is 8.96. The smallest absolute Gasteiger partial charge is 0.348 e. The number of piperidine rings is 1. The maximum atomic E-state index is 13.4. The van der Waals surface area contributed by atoms with Crippen LogP contribution in [0.1, 0.15) is 29.7 Å². The molecule has 2 aromatic carbocycles. The number of rotatable bonds is 5. The quantitative estimate of drug-likeness (QED) is 0.508. The molecule has 2 heterocycles. The summed E-state index contributed by atoms with van der Waals surface area (Å²) in [6.45, 7) is 2.65. The van der Waals surface area contributed by atoms with E-state index in [2.05, 4.69) is 12.2 Å². The van der Waals surface area contributed by atoms with Crippen LogP contribution in [0, 0.1) is 0 Å². The number of esters is 1. The van der Waals surface area contributed by atoms with Crippen molar-refractivity contribution in [3.05, 3.63) is 77.7 Å². The van der Waals surface area contributed by atoms with Gasteiger partial charge in [0.2, 0.25) is 5.60 Å². The predicted octanol–water partition coefficient (Wildman–Crippen LogP) is 3.29. The fourth-order valence-corrected chi connectivity index (χ4v) is 5.09. The fourth-order valence-electron chi connectivity index (χ4n) is 5.09. The summed E-state index contributed by atoms with van der Waals surface area (Å²) in [5, 5.41) is 15.7. The van der Waals surface area contributed by atoms with Crippen molar-refractivity contribution in [2.75, 3.05) is 26.7 Å². The van der Waals surface area contributed by atoms with Gasteiger partial charge in [-0.05, 0) is 17.5 Å². The van der Waals surface area contributed by atoms with Gasteiger partial charge in [-0.3, -0.25) is 0 Å². The number of hydrogen-bond acceptors (Lipinski definition) is 5. The van der Waals surface area contributed by atoms with Crippen molar-refractivity contribution < 1.29 is 23.6 Å². The highest BCUT2D eigenvalue weighted by atomic mass is 16.6. The Morgan fingerprint density at radius 1 is 1.16 bits per heavy atom. The Bertz CT molecular complexity index is 1050. The van der Waals surface area contributed by atoms with Gasteiger partial charge in [-0.2, -0.15) is 0 Å². The Hall–Kier alpha value is -2.96. The number of nitrogens with zero attached hydrogens (tertiary/aromatic N) is 2. The lowest BCUT2D eigenvalue weighted by atomic mass is 9.91. The van der Waals surface area contributed by atoms with Crippen LogP contribution in [0.5, 0.6) is 0 Å². The highest BCUT2D eigenvalue weighted by Crippen LogP contribution is 2.48. The molecule has 1 aliphatic heterocycles. The highest BCUT2D eigenvalue weighted by molar-refractivity contribution is 5.96. The molecular weight excluding hydrogens is 392 g/mol. The molecule has 6 nitrogen and oxygen atoms in total. The number of likely N-dealkylation sites (N-methyl/N-ethyl adjacent to an activating group) is 1. The fraction of sp³-hybridized carbons (Fsp3) is 0.360. The van der Waals surface area contributed by atoms with Gasteiger partial charge in [-0.1, -0.05) is 53.7 Å². The van der Waals surface area contributed by atoms with E-state index >= 15 is 0 Å². The van der Waals surface area contributed by atoms with Gasteiger partial charge in [0.25, 0.3) is 0 Å². The normalized spacial score (nSPS) is 23.7. The van der Waals surface area contributed by atoms with Gasteiger partial charge in [-0.25, -0.2) is 4.79 Å². The van der Waals surface area contributed by atoms with Crippen molar-refractivity contribution >= 4 is 5.97 Å². The lowest BCUT2D eigenvalue weighted by molar-refractivity contribution is -0.916. The van der Waals surface area contributed by atoms with Gasteiger partial charge in [0.1, 0.15) is 12.8 Å². The number of quaternary nitrogens is 1. The molecule has 31 heavy (non-hydrogen) atoms. The minimum Gasteiger partial charge on any atom is -0.454 e. The second-order valence-corrected chi connectivity index (χ2v) is 8.96. The Labute approximate surface area is 181 Å². The van der Waals surface area contributed by atoms with Crippen molar-refractivity contribution in [1.82, 2.24) is 5.16 Å². The molecule has 1 saturated heterocycles. The second kappa shape index (κ2) is 7.62. The van der Waals surface area contributed by atoms with Crippen LogP contribution in [0.4, 0.5) is 0 Å². The number of carbonyl (C=O) groups excluding carboxylic acids is 1. The first-order valence-corrected chi connectivity index (χ1v) is 10.9. The molecule has 0 radical (unpaired) electrons. The summed E-state index contributed by atoms with van der Waals surface area (Å²) < 4.78 is 11.7. The molecule has 5 rings (SSSR count). The molecule has 6 heteroatoms. The number of benzene rings is 2. The Kier molecular flexibility index (Phi) is 4.91. The molecule has 0 amide bonds. The van der Waals surface area contributed by atoms with E-state index in [0.717, 1.165) is 60.2 Å². The van der Waals surface area contributed by atoms with Crippen molar-refractivity contribution in [1.29, 1.82) is 0 Å². The van der Waals surface area contributed by atoms with Crippen molar-refractivity contribution in [2.45, 2.75) is 31.0 Å². The number of aromatic nitrogens is 1. The van der Waals surface area contributed by atoms with E-state index in [9.17, 15) is 9.90 Å². The molecular formula is C25H27N2O4+. The standard InChI is InChI=1S/C25H27N2O4/c1-27(15-12-18-13-16-30-26-18)14-6-7-19(17-27)31-24(28)25(29)22-10-4-2-8-20(22)21-9-3-5-11-23(21)25/h2-5,8-11,13,16,19,29H,6-7,12,14-15,17H2,1H3/q+1. The van der Waals surface area contributed by atoms with Crippen LogP contribution in [-0.2, 0) is 21.6 Å². The number of hydrogen-bond donors (Lipinski definition) is 1. The number of aliphatic hydroxyl groups is 1. The number of fused-ring (bicyclic) bond motifs is 3. The molecule has 3 aromatic rings. The first-order chi connectivity index (χ1) is 15.0. The lowest BCUT2D eigenvalue weighted by Crippen LogP contribution is -2.55. The van der Waals surface area contributed by atoms with Gasteiger partial charge in [-0.15, -0.1) is 0 Å². The van der Waals surface area contributed by atoms with E-state index in [0.29, 0.717) is 11.1 Å². The average Bonchev–Trinajstić information content (AvgIpc) is 3.39. The zero-order valence-electron chi connectivity index (χ0n) is 17.7. The number of carbonyl (C=O) groups is 1. The van der Waals surface area contributed by atoms with Crippen LogP contribution in [0.3, 0.4) is 0 Å². The maximum absolute atomic E-state index is 13.4. The van der Waals surface area contributed by atoms with Crippen LogP contribution >= 0.6 is 0 Å². The van der Waals surface area contributed by atoms with E-state index in [1.807, 2.05) is 54.6 Å². The van der Waals surface area contributed by atoms with Crippen LogP contribution in [0.2, 0.25) is 0 Å². The molecule has 0 bridgehead atoms. The third-order valence-corrected chi connectivity index (χ3v) is 6.76. The van der Waals surface area contributed by atoms with E-state index in [1.165, 1.54) is 0 Å². The van der Waals surface area contributed by atoms with Gasteiger partial charge in [0.15, 0.2) is 6.10 Å². The summed E-state index contributed by atoms with van der Waals surface area (Å²) in [5.41, 5.74) is 2.13. The van der Waals surface area contributed by atoms with Crippen molar-refractivity contribution in [3.8, 4) is 11.1 Å². The molecule has 1 N–H and O–H groups in total. The van der Waals surface area contributed by atoms with E-state index in [-0.39, 0.29) is 6.10 Å². The summed E-state index contributed by atoms with van der Waals surface area (Å²) >= 11 is 0. The summed E-state index contributed by atoms with van der Waals surface area (Å²) in [6, 6.07) is 16.9. The first kappa shape index (κ1) is 20.0. The molecule has 1 aliphatic carbocycles. The maximum Gasteiger partial charge on any atom is 0.348 e. The third-order valence-electron chi connectivity index (χ3n) is 6.76. The van der Waals surface area contributed by atoms with Crippen LogP contribution in [0.15, 0.2) is 65.4 Å². The number of likely N-dealkylation sites (tertiary alicyclic amines) is 1. The Balaban J connectivity index is 1.35. The lowest BCUT2D eigenvalue weighted by Gasteiger charge is -2.41. The monoisotopic (exact) mass is 419 g/mol. The van der Waals surface area contributed by atoms with E-state index in [1.54, 1.807) is 6.26 Å². The predicted molar refractivity (Wildman–Crippen MR) is 115 cm³/mol. The first-order valence-electron chi connectivity index (χ1n) is 10.9. The molecule has 0 spiro atoms. The topological polar surface area (TPSA) is 72.6 Å². The van der Waals surface area contributed by atoms with E-state index < -0.39 is 11.6 Å². The van der Waals surface area contributed by atoms with Gasteiger partial charge >= 0.3 is 5.97 Å². The molecule has 0 saturated carbocycles. The van der Waals surface area contributed by atoms with E-state index in [4.69, 9.17) is 9.26 Å². The Morgan fingerprint density at radius 2 is 1.84 bits per heavy atom. The summed E-state index contributed by atoms with van der Waals surface area (Å²) in [4.78, 5) is 13.4. The Morgan fingerprint density at radius 3 is 2.48 bits per heavy atom. The molecule has 2 aliphatic rings. The van der Waals surface area contributed by atoms with Crippen LogP contribution in [-0.4, -0.2) is 53.5 Å². The van der Waals surface area contributed by atoms with Crippen molar-refractivity contribution in [3.63, 3.8) is 0 Å².